The molecule has 1 aromatic carbocycles. The van der Waals surface area contributed by atoms with Gasteiger partial charge < -0.3 is 10.8 Å². The first-order chi connectivity index (χ1) is 9.26. The summed E-state index contributed by atoms with van der Waals surface area (Å²) >= 11 is 0. The van der Waals surface area contributed by atoms with Crippen molar-refractivity contribution in [1.29, 1.82) is 0 Å². The first-order valence-corrected chi connectivity index (χ1v) is 7.74. The number of benzene rings is 1. The summed E-state index contributed by atoms with van der Waals surface area (Å²) in [7, 11) is -4.05. The fourth-order valence-corrected chi connectivity index (χ4v) is 2.16. The van der Waals surface area contributed by atoms with Crippen molar-refractivity contribution in [3.8, 4) is 0 Å². The Labute approximate surface area is 125 Å². The molecule has 0 heterocycles. The Bertz CT molecular complexity index is 602. The Hall–Kier alpha value is -1.44. The third kappa shape index (κ3) is 6.70. The minimum atomic E-state index is -4.05. The molecule has 0 aliphatic heterocycles. The lowest BCUT2D eigenvalue weighted by atomic mass is 9.88. The van der Waals surface area contributed by atoms with Gasteiger partial charge >= 0.3 is 5.97 Å². The molecule has 120 valence electrons. The van der Waals surface area contributed by atoms with Gasteiger partial charge in [0.05, 0.1) is 4.90 Å². The van der Waals surface area contributed by atoms with E-state index in [1.807, 2.05) is 6.92 Å². The summed E-state index contributed by atoms with van der Waals surface area (Å²) in [4.78, 5) is 10.2. The van der Waals surface area contributed by atoms with E-state index in [1.54, 1.807) is 39.8 Å². The maximum absolute atomic E-state index is 10.7. The maximum atomic E-state index is 10.7. The van der Waals surface area contributed by atoms with Crippen LogP contribution in [0.25, 0.3) is 0 Å². The highest BCUT2D eigenvalue weighted by Gasteiger charge is 2.26. The molecule has 0 radical (unpaired) electrons. The van der Waals surface area contributed by atoms with Gasteiger partial charge in [-0.15, -0.1) is 0 Å². The zero-order chi connectivity index (χ0) is 17.0. The summed E-state index contributed by atoms with van der Waals surface area (Å²) in [6.45, 7) is 8.90. The minimum absolute atomic E-state index is 0.0203. The van der Waals surface area contributed by atoms with E-state index >= 15 is 0 Å². The summed E-state index contributed by atoms with van der Waals surface area (Å²) in [5, 5.41) is 8.39. The number of aryl methyl sites for hydroxylation is 2. The number of aliphatic carboxylic acids is 1. The van der Waals surface area contributed by atoms with Gasteiger partial charge in [-0.05, 0) is 30.9 Å². The van der Waals surface area contributed by atoms with Crippen molar-refractivity contribution in [1.82, 2.24) is 0 Å². The van der Waals surface area contributed by atoms with Gasteiger partial charge in [0.25, 0.3) is 10.1 Å². The smallest absolute Gasteiger partial charge is 0.321 e. The van der Waals surface area contributed by atoms with Crippen molar-refractivity contribution in [2.75, 3.05) is 0 Å². The molecule has 1 aromatic rings. The maximum Gasteiger partial charge on any atom is 0.321 e. The molecule has 0 aromatic heterocycles. The van der Waals surface area contributed by atoms with E-state index in [0.29, 0.717) is 5.56 Å². The number of hydrogen-bond donors (Lipinski definition) is 3. The lowest BCUT2D eigenvalue weighted by Crippen LogP contribution is -2.41. The summed E-state index contributed by atoms with van der Waals surface area (Å²) < 4.78 is 30.2. The minimum Gasteiger partial charge on any atom is -0.480 e. The Kier molecular flexibility index (Phi) is 6.54. The predicted octanol–water partition coefficient (Wildman–Crippen LogP) is 1.99. The fraction of sp³-hybridized carbons (Fsp3) is 0.500. The van der Waals surface area contributed by atoms with E-state index in [-0.39, 0.29) is 10.3 Å². The molecule has 0 saturated heterocycles. The standard InChI is InChI=1S/C8H10O3S.C6H13NO2/c1-6-3-4-8(7(2)5-6)12(9,10)11;1-6(2,3)4(7)5(8)9/h3-5H,1-2H3,(H,9,10,11);4H,7H2,1-3H3,(H,8,9)/t;4-/m.1/s1. The predicted molar refractivity (Wildman–Crippen MR) is 80.8 cm³/mol. The van der Waals surface area contributed by atoms with E-state index in [2.05, 4.69) is 0 Å². The van der Waals surface area contributed by atoms with Gasteiger partial charge in [-0.3, -0.25) is 9.35 Å². The lowest BCUT2D eigenvalue weighted by Gasteiger charge is -2.22. The molecule has 4 N–H and O–H groups in total. The number of nitrogens with two attached hydrogens (primary N) is 1. The average molecular weight is 317 g/mol. The molecule has 1 atom stereocenters. The van der Waals surface area contributed by atoms with Crippen LogP contribution in [0.15, 0.2) is 23.1 Å². The molecular formula is C14H23NO5S. The zero-order valence-electron chi connectivity index (χ0n) is 12.9. The largest absolute Gasteiger partial charge is 0.480 e. The molecular weight excluding hydrogens is 294 g/mol. The second kappa shape index (κ2) is 7.02. The Morgan fingerprint density at radius 3 is 1.95 bits per heavy atom. The van der Waals surface area contributed by atoms with E-state index in [9.17, 15) is 13.2 Å². The second-order valence-corrected chi connectivity index (χ2v) is 7.32. The molecule has 6 nitrogen and oxygen atoms in total. The Morgan fingerprint density at radius 2 is 1.71 bits per heavy atom. The van der Waals surface area contributed by atoms with Crippen LogP contribution < -0.4 is 5.73 Å². The summed E-state index contributed by atoms with van der Waals surface area (Å²) in [5.41, 5.74) is 6.49. The van der Waals surface area contributed by atoms with Crippen LogP contribution in [0, 0.1) is 19.3 Å². The summed E-state index contributed by atoms with van der Waals surface area (Å²) in [6, 6.07) is 4.00. The lowest BCUT2D eigenvalue weighted by molar-refractivity contribution is -0.141. The molecule has 0 amide bonds. The van der Waals surface area contributed by atoms with E-state index in [1.165, 1.54) is 6.07 Å². The van der Waals surface area contributed by atoms with Crippen LogP contribution in [0.4, 0.5) is 0 Å². The van der Waals surface area contributed by atoms with Gasteiger partial charge in [0.1, 0.15) is 6.04 Å². The van der Waals surface area contributed by atoms with Gasteiger partial charge in [-0.1, -0.05) is 38.5 Å². The third-order valence-electron chi connectivity index (χ3n) is 2.81. The van der Waals surface area contributed by atoms with E-state index in [0.717, 1.165) is 5.56 Å². The van der Waals surface area contributed by atoms with Crippen LogP contribution in [0.3, 0.4) is 0 Å². The molecule has 0 unspecified atom stereocenters. The highest BCUT2D eigenvalue weighted by atomic mass is 32.2. The van der Waals surface area contributed by atoms with Gasteiger partial charge in [0.15, 0.2) is 0 Å². The van der Waals surface area contributed by atoms with Crippen molar-refractivity contribution in [2.45, 2.75) is 45.6 Å². The van der Waals surface area contributed by atoms with Gasteiger partial charge in [0, 0.05) is 0 Å². The van der Waals surface area contributed by atoms with Crippen molar-refractivity contribution >= 4 is 16.1 Å². The molecule has 0 spiro atoms. The third-order valence-corrected chi connectivity index (χ3v) is 3.82. The van der Waals surface area contributed by atoms with Crippen LogP contribution in [0.5, 0.6) is 0 Å². The molecule has 0 saturated carbocycles. The normalized spacial score (nSPS) is 13.1. The van der Waals surface area contributed by atoms with E-state index < -0.39 is 22.1 Å². The van der Waals surface area contributed by atoms with Crippen LogP contribution in [-0.2, 0) is 14.9 Å². The van der Waals surface area contributed by atoms with Crippen molar-refractivity contribution in [3.05, 3.63) is 29.3 Å². The quantitative estimate of drug-likeness (QED) is 0.718. The Morgan fingerprint density at radius 1 is 1.24 bits per heavy atom. The van der Waals surface area contributed by atoms with E-state index in [4.69, 9.17) is 15.4 Å². The highest BCUT2D eigenvalue weighted by Crippen LogP contribution is 2.17. The monoisotopic (exact) mass is 317 g/mol. The topological polar surface area (TPSA) is 118 Å². The zero-order valence-corrected chi connectivity index (χ0v) is 13.7. The van der Waals surface area contributed by atoms with Crippen molar-refractivity contribution in [2.24, 2.45) is 11.1 Å². The second-order valence-electron chi connectivity index (χ2n) is 5.93. The summed E-state index contributed by atoms with van der Waals surface area (Å²) in [5.74, 6) is -0.942. The van der Waals surface area contributed by atoms with Crippen molar-refractivity contribution < 1.29 is 22.9 Å². The highest BCUT2D eigenvalue weighted by molar-refractivity contribution is 7.85. The van der Waals surface area contributed by atoms with Crippen LogP contribution in [-0.4, -0.2) is 30.1 Å². The molecule has 0 bridgehead atoms. The van der Waals surface area contributed by atoms with Gasteiger partial charge in [-0.25, -0.2) is 0 Å². The first-order valence-electron chi connectivity index (χ1n) is 6.30. The van der Waals surface area contributed by atoms with Crippen LogP contribution in [0.1, 0.15) is 31.9 Å². The average Bonchev–Trinajstić information content (AvgIpc) is 2.25. The molecule has 7 heteroatoms. The number of hydrogen-bond acceptors (Lipinski definition) is 4. The van der Waals surface area contributed by atoms with Crippen molar-refractivity contribution in [3.63, 3.8) is 0 Å². The summed E-state index contributed by atoms with van der Waals surface area (Å²) in [6.07, 6.45) is 0. The van der Waals surface area contributed by atoms with Crippen LogP contribution >= 0.6 is 0 Å². The number of carbonyl (C=O) groups is 1. The first kappa shape index (κ1) is 19.6. The van der Waals surface area contributed by atoms with Gasteiger partial charge in [0.2, 0.25) is 0 Å². The van der Waals surface area contributed by atoms with Crippen LogP contribution in [0.2, 0.25) is 0 Å². The molecule has 0 fully saturated rings. The molecule has 0 aliphatic rings. The number of carboxylic acids is 1. The number of rotatable bonds is 2. The fourth-order valence-electron chi connectivity index (χ4n) is 1.46. The SMILES string of the molecule is CC(C)(C)[C@H](N)C(=O)O.Cc1ccc(S(=O)(=O)O)c(C)c1. The number of carboxylic acid groups (broad SMARTS) is 1. The Balaban J connectivity index is 0.000000400. The molecule has 0 aliphatic carbocycles. The van der Waals surface area contributed by atoms with Gasteiger partial charge in [-0.2, -0.15) is 8.42 Å². The molecule has 21 heavy (non-hydrogen) atoms. The molecule has 1 rings (SSSR count).